The van der Waals surface area contributed by atoms with E-state index in [1.165, 1.54) is 5.39 Å². The molecule has 0 bridgehead atoms. The van der Waals surface area contributed by atoms with Crippen LogP contribution in [-0.4, -0.2) is 34.9 Å². The van der Waals surface area contributed by atoms with Gasteiger partial charge in [0.05, 0.1) is 0 Å². The maximum absolute atomic E-state index is 12.5. The van der Waals surface area contributed by atoms with Crippen molar-refractivity contribution in [3.05, 3.63) is 72.6 Å². The number of anilines is 1. The van der Waals surface area contributed by atoms with E-state index in [0.717, 1.165) is 36.1 Å². The van der Waals surface area contributed by atoms with Crippen LogP contribution >= 0.6 is 0 Å². The molecule has 1 amide bonds. The van der Waals surface area contributed by atoms with E-state index in [-0.39, 0.29) is 11.9 Å². The Morgan fingerprint density at radius 1 is 1.08 bits per heavy atom. The fraction of sp³-hybridized carbons (Fsp3) is 0.200. The Bertz CT molecular complexity index is 858. The second kappa shape index (κ2) is 6.32. The van der Waals surface area contributed by atoms with Gasteiger partial charge in [-0.15, -0.1) is 0 Å². The summed E-state index contributed by atoms with van der Waals surface area (Å²) >= 11 is 0. The molecule has 2 aromatic carbocycles. The number of fused-ring (bicyclic) bond motifs is 1. The lowest BCUT2D eigenvalue weighted by Crippen LogP contribution is -2.31. The number of nitrogens with one attached hydrogen (secondary N) is 1. The number of rotatable bonds is 3. The molecule has 1 atom stereocenters. The van der Waals surface area contributed by atoms with Crippen LogP contribution in [0.2, 0.25) is 0 Å². The van der Waals surface area contributed by atoms with Crippen LogP contribution in [0.4, 0.5) is 5.69 Å². The predicted octanol–water partition coefficient (Wildman–Crippen LogP) is 3.56. The van der Waals surface area contributed by atoms with Gasteiger partial charge in [-0.3, -0.25) is 9.78 Å². The minimum atomic E-state index is 0.113. The molecule has 4 heteroatoms. The molecule has 2 heterocycles. The minimum absolute atomic E-state index is 0.113. The van der Waals surface area contributed by atoms with Gasteiger partial charge in [-0.1, -0.05) is 30.3 Å². The number of carbonyl (C=O) groups is 1. The summed E-state index contributed by atoms with van der Waals surface area (Å²) in [5, 5.41) is 5.89. The Hall–Kier alpha value is -2.88. The van der Waals surface area contributed by atoms with Crippen LogP contribution in [0, 0.1) is 0 Å². The summed E-state index contributed by atoms with van der Waals surface area (Å²) in [4.78, 5) is 18.7. The van der Waals surface area contributed by atoms with E-state index in [9.17, 15) is 4.79 Å². The van der Waals surface area contributed by atoms with Crippen LogP contribution in [0.15, 0.2) is 67.0 Å². The van der Waals surface area contributed by atoms with Crippen LogP contribution in [0.3, 0.4) is 0 Å². The van der Waals surface area contributed by atoms with E-state index in [2.05, 4.69) is 22.4 Å². The molecule has 0 aliphatic carbocycles. The van der Waals surface area contributed by atoms with Crippen LogP contribution < -0.4 is 5.32 Å². The molecule has 120 valence electrons. The highest BCUT2D eigenvalue weighted by molar-refractivity contribution is 5.95. The first-order valence-corrected chi connectivity index (χ1v) is 8.25. The van der Waals surface area contributed by atoms with Crippen molar-refractivity contribution in [2.45, 2.75) is 12.5 Å². The van der Waals surface area contributed by atoms with Gasteiger partial charge in [-0.05, 0) is 30.7 Å². The third-order valence-electron chi connectivity index (χ3n) is 4.54. The Labute approximate surface area is 141 Å². The van der Waals surface area contributed by atoms with Crippen LogP contribution in [0.25, 0.3) is 10.8 Å². The van der Waals surface area contributed by atoms with Gasteiger partial charge in [0.15, 0.2) is 0 Å². The summed E-state index contributed by atoms with van der Waals surface area (Å²) in [6, 6.07) is 18.0. The van der Waals surface area contributed by atoms with Gasteiger partial charge in [0.2, 0.25) is 0 Å². The third kappa shape index (κ3) is 2.83. The number of likely N-dealkylation sites (tertiary alicyclic amines) is 1. The molecule has 4 rings (SSSR count). The zero-order chi connectivity index (χ0) is 16.4. The molecule has 0 spiro atoms. The fourth-order valence-electron chi connectivity index (χ4n) is 3.29. The summed E-state index contributed by atoms with van der Waals surface area (Å²) in [5.74, 6) is 0.113. The zero-order valence-corrected chi connectivity index (χ0v) is 13.4. The van der Waals surface area contributed by atoms with E-state index in [4.69, 9.17) is 0 Å². The van der Waals surface area contributed by atoms with Crippen molar-refractivity contribution < 1.29 is 4.79 Å². The average molecular weight is 317 g/mol. The zero-order valence-electron chi connectivity index (χ0n) is 13.4. The molecular formula is C20H19N3O. The molecule has 1 aliphatic heterocycles. The molecular weight excluding hydrogens is 298 g/mol. The number of hydrogen-bond donors (Lipinski definition) is 1. The van der Waals surface area contributed by atoms with E-state index in [0.29, 0.717) is 0 Å². The molecule has 24 heavy (non-hydrogen) atoms. The van der Waals surface area contributed by atoms with Crippen molar-refractivity contribution in [2.24, 2.45) is 0 Å². The number of pyridine rings is 1. The predicted molar refractivity (Wildman–Crippen MR) is 96.1 cm³/mol. The van der Waals surface area contributed by atoms with E-state index >= 15 is 0 Å². The molecule has 1 saturated heterocycles. The first kappa shape index (κ1) is 14.7. The van der Waals surface area contributed by atoms with Crippen LogP contribution in [0.5, 0.6) is 0 Å². The average Bonchev–Trinajstić information content (AvgIpc) is 3.11. The lowest BCUT2D eigenvalue weighted by molar-refractivity contribution is 0.0791. The van der Waals surface area contributed by atoms with Gasteiger partial charge >= 0.3 is 0 Å². The Balaban J connectivity index is 1.48. The molecule has 1 fully saturated rings. The van der Waals surface area contributed by atoms with E-state index in [1.54, 1.807) is 0 Å². The van der Waals surface area contributed by atoms with Crippen molar-refractivity contribution in [3.63, 3.8) is 0 Å². The minimum Gasteiger partial charge on any atom is -0.380 e. The van der Waals surface area contributed by atoms with Gasteiger partial charge in [-0.2, -0.15) is 0 Å². The maximum Gasteiger partial charge on any atom is 0.253 e. The number of carbonyl (C=O) groups excluding carboxylic acids is 1. The molecule has 1 N–H and O–H groups in total. The van der Waals surface area contributed by atoms with Crippen molar-refractivity contribution in [2.75, 3.05) is 18.4 Å². The quantitative estimate of drug-likeness (QED) is 0.803. The summed E-state index contributed by atoms with van der Waals surface area (Å²) in [6.45, 7) is 1.52. The standard InChI is InChI=1S/C20H19N3O/c24-20(15-5-2-1-3-6-15)23-12-10-17(14-23)22-19-8-4-7-16-13-21-11-9-18(16)19/h1-9,11,13,17,22H,10,12,14H2. The Morgan fingerprint density at radius 3 is 2.83 bits per heavy atom. The lowest BCUT2D eigenvalue weighted by atomic mass is 10.1. The summed E-state index contributed by atoms with van der Waals surface area (Å²) in [6.07, 6.45) is 4.65. The third-order valence-corrected chi connectivity index (χ3v) is 4.54. The largest absolute Gasteiger partial charge is 0.380 e. The smallest absolute Gasteiger partial charge is 0.253 e. The Kier molecular flexibility index (Phi) is 3.87. The van der Waals surface area contributed by atoms with Crippen molar-refractivity contribution in [1.29, 1.82) is 0 Å². The number of benzene rings is 2. The fourth-order valence-corrected chi connectivity index (χ4v) is 3.29. The highest BCUT2D eigenvalue weighted by atomic mass is 16.2. The molecule has 0 saturated carbocycles. The maximum atomic E-state index is 12.5. The number of nitrogens with zero attached hydrogens (tertiary/aromatic N) is 2. The molecule has 4 nitrogen and oxygen atoms in total. The second-order valence-corrected chi connectivity index (χ2v) is 6.15. The first-order valence-electron chi connectivity index (χ1n) is 8.25. The molecule has 1 aromatic heterocycles. The van der Waals surface area contributed by atoms with Gasteiger partial charge in [0.25, 0.3) is 5.91 Å². The van der Waals surface area contributed by atoms with E-state index in [1.807, 2.05) is 59.8 Å². The first-order chi connectivity index (χ1) is 11.8. The van der Waals surface area contributed by atoms with E-state index < -0.39 is 0 Å². The topological polar surface area (TPSA) is 45.2 Å². The Morgan fingerprint density at radius 2 is 1.96 bits per heavy atom. The number of amides is 1. The normalized spacial score (nSPS) is 17.2. The highest BCUT2D eigenvalue weighted by Gasteiger charge is 2.27. The van der Waals surface area contributed by atoms with Gasteiger partial charge in [0, 0.05) is 53.5 Å². The molecule has 0 radical (unpaired) electrons. The molecule has 1 unspecified atom stereocenters. The molecule has 3 aromatic rings. The van der Waals surface area contributed by atoms with Crippen LogP contribution in [-0.2, 0) is 0 Å². The van der Waals surface area contributed by atoms with Gasteiger partial charge < -0.3 is 10.2 Å². The monoisotopic (exact) mass is 317 g/mol. The van der Waals surface area contributed by atoms with Crippen molar-refractivity contribution >= 4 is 22.4 Å². The number of aromatic nitrogens is 1. The summed E-state index contributed by atoms with van der Waals surface area (Å²) < 4.78 is 0. The lowest BCUT2D eigenvalue weighted by Gasteiger charge is -2.18. The van der Waals surface area contributed by atoms with Gasteiger partial charge in [-0.25, -0.2) is 0 Å². The van der Waals surface area contributed by atoms with Crippen molar-refractivity contribution in [3.8, 4) is 0 Å². The summed E-state index contributed by atoms with van der Waals surface area (Å²) in [7, 11) is 0. The van der Waals surface area contributed by atoms with Crippen LogP contribution in [0.1, 0.15) is 16.8 Å². The number of hydrogen-bond acceptors (Lipinski definition) is 3. The highest BCUT2D eigenvalue weighted by Crippen LogP contribution is 2.25. The molecule has 1 aliphatic rings. The second-order valence-electron chi connectivity index (χ2n) is 6.15. The summed E-state index contributed by atoms with van der Waals surface area (Å²) in [5.41, 5.74) is 1.86. The SMILES string of the molecule is O=C(c1ccccc1)N1CCC(Nc2cccc3cnccc23)C1. The van der Waals surface area contributed by atoms with Crippen molar-refractivity contribution in [1.82, 2.24) is 9.88 Å². The van der Waals surface area contributed by atoms with Gasteiger partial charge in [0.1, 0.15) is 0 Å².